The summed E-state index contributed by atoms with van der Waals surface area (Å²) < 4.78 is 0. The highest BCUT2D eigenvalue weighted by atomic mass is 15.2. The van der Waals surface area contributed by atoms with Crippen LogP contribution in [-0.2, 0) is 6.54 Å². The van der Waals surface area contributed by atoms with Crippen LogP contribution in [0.25, 0.3) is 0 Å². The van der Waals surface area contributed by atoms with Crippen molar-refractivity contribution in [2.75, 3.05) is 19.6 Å². The zero-order valence-corrected chi connectivity index (χ0v) is 12.0. The summed E-state index contributed by atoms with van der Waals surface area (Å²) in [4.78, 5) is 2.59. The van der Waals surface area contributed by atoms with Gasteiger partial charge in [0.2, 0.25) is 0 Å². The molecule has 2 heteroatoms. The molecule has 0 saturated carbocycles. The topological polar surface area (TPSA) is 15.3 Å². The maximum absolute atomic E-state index is 3.58. The van der Waals surface area contributed by atoms with Gasteiger partial charge in [-0.2, -0.15) is 0 Å². The first-order valence-corrected chi connectivity index (χ1v) is 7.20. The summed E-state index contributed by atoms with van der Waals surface area (Å²) in [5.74, 6) is 0. The highest BCUT2D eigenvalue weighted by Gasteiger charge is 2.18. The van der Waals surface area contributed by atoms with Gasteiger partial charge in [0.15, 0.2) is 0 Å². The van der Waals surface area contributed by atoms with Gasteiger partial charge in [0, 0.05) is 19.1 Å². The Balaban J connectivity index is 1.95. The van der Waals surface area contributed by atoms with Crippen LogP contribution in [0.5, 0.6) is 0 Å². The van der Waals surface area contributed by atoms with Crippen LogP contribution in [0.15, 0.2) is 18.2 Å². The molecule has 0 spiro atoms. The molecule has 0 bridgehead atoms. The van der Waals surface area contributed by atoms with Crippen LogP contribution < -0.4 is 5.32 Å². The number of benzene rings is 1. The molecule has 1 atom stereocenters. The molecule has 2 rings (SSSR count). The Kier molecular flexibility index (Phi) is 4.79. The van der Waals surface area contributed by atoms with Crippen molar-refractivity contribution in [1.29, 1.82) is 0 Å². The highest BCUT2D eigenvalue weighted by Crippen LogP contribution is 2.16. The number of piperidine rings is 1. The van der Waals surface area contributed by atoms with Crippen molar-refractivity contribution in [3.8, 4) is 0 Å². The lowest BCUT2D eigenvalue weighted by Gasteiger charge is -2.33. The zero-order chi connectivity index (χ0) is 13.0. The van der Waals surface area contributed by atoms with E-state index in [0.717, 1.165) is 13.1 Å². The average Bonchev–Trinajstić information content (AvgIpc) is 2.28. The van der Waals surface area contributed by atoms with Crippen molar-refractivity contribution < 1.29 is 0 Å². The van der Waals surface area contributed by atoms with Crippen LogP contribution in [0.4, 0.5) is 0 Å². The number of hydrogen-bond acceptors (Lipinski definition) is 2. The van der Waals surface area contributed by atoms with Crippen LogP contribution in [-0.4, -0.2) is 30.6 Å². The number of nitrogens with zero attached hydrogens (tertiary/aromatic N) is 1. The van der Waals surface area contributed by atoms with Gasteiger partial charge in [-0.25, -0.2) is 0 Å². The third kappa shape index (κ3) is 3.82. The van der Waals surface area contributed by atoms with Crippen molar-refractivity contribution >= 4 is 0 Å². The fraction of sp³-hybridized carbons (Fsp3) is 0.625. The van der Waals surface area contributed by atoms with Crippen molar-refractivity contribution in [1.82, 2.24) is 10.2 Å². The molecular formula is C16H26N2. The first kappa shape index (κ1) is 13.6. The van der Waals surface area contributed by atoms with Gasteiger partial charge < -0.3 is 5.32 Å². The summed E-state index contributed by atoms with van der Waals surface area (Å²) in [6.07, 6.45) is 2.65. The van der Waals surface area contributed by atoms with Gasteiger partial charge in [-0.15, -0.1) is 0 Å². The molecule has 2 nitrogen and oxygen atoms in total. The summed E-state index contributed by atoms with van der Waals surface area (Å²) in [6.45, 7) is 11.2. The Hall–Kier alpha value is -0.860. The van der Waals surface area contributed by atoms with E-state index in [1.807, 2.05) is 0 Å². The maximum atomic E-state index is 3.58. The van der Waals surface area contributed by atoms with Gasteiger partial charge in [-0.3, -0.25) is 4.90 Å². The molecule has 1 saturated heterocycles. The predicted octanol–water partition coefficient (Wildman–Crippen LogP) is 2.88. The van der Waals surface area contributed by atoms with E-state index in [-0.39, 0.29) is 0 Å². The van der Waals surface area contributed by atoms with Gasteiger partial charge in [-0.05, 0) is 45.3 Å². The quantitative estimate of drug-likeness (QED) is 0.879. The Morgan fingerprint density at radius 1 is 1.22 bits per heavy atom. The number of hydrogen-bond donors (Lipinski definition) is 1. The van der Waals surface area contributed by atoms with Crippen molar-refractivity contribution in [3.05, 3.63) is 34.9 Å². The minimum atomic E-state index is 0.689. The molecule has 1 heterocycles. The predicted molar refractivity (Wildman–Crippen MR) is 77.9 cm³/mol. The van der Waals surface area contributed by atoms with Crippen LogP contribution in [0, 0.1) is 13.8 Å². The molecule has 18 heavy (non-hydrogen) atoms. The van der Waals surface area contributed by atoms with E-state index >= 15 is 0 Å². The van der Waals surface area contributed by atoms with E-state index in [9.17, 15) is 0 Å². The number of likely N-dealkylation sites (tertiary alicyclic amines) is 1. The van der Waals surface area contributed by atoms with Crippen LogP contribution in [0.3, 0.4) is 0 Å². The van der Waals surface area contributed by atoms with Crippen LogP contribution >= 0.6 is 0 Å². The summed E-state index contributed by atoms with van der Waals surface area (Å²) in [5.41, 5.74) is 4.22. The van der Waals surface area contributed by atoms with Crippen LogP contribution in [0.1, 0.15) is 36.5 Å². The van der Waals surface area contributed by atoms with E-state index in [4.69, 9.17) is 0 Å². The third-order valence-corrected chi connectivity index (χ3v) is 3.69. The van der Waals surface area contributed by atoms with Crippen molar-refractivity contribution in [2.45, 2.75) is 46.2 Å². The van der Waals surface area contributed by atoms with Crippen LogP contribution in [0.2, 0.25) is 0 Å². The second-order valence-corrected chi connectivity index (χ2v) is 5.63. The number of likely N-dealkylation sites (N-methyl/N-ethyl adjacent to an activating group) is 1. The lowest BCUT2D eigenvalue weighted by molar-refractivity contribution is 0.184. The Morgan fingerprint density at radius 2 is 1.94 bits per heavy atom. The Morgan fingerprint density at radius 3 is 2.61 bits per heavy atom. The van der Waals surface area contributed by atoms with Gasteiger partial charge in [0.05, 0.1) is 0 Å². The molecule has 1 aliphatic rings. The molecule has 0 amide bonds. The number of aryl methyl sites for hydroxylation is 2. The highest BCUT2D eigenvalue weighted by molar-refractivity contribution is 5.28. The van der Waals surface area contributed by atoms with Crippen molar-refractivity contribution in [3.63, 3.8) is 0 Å². The average molecular weight is 246 g/mol. The minimum Gasteiger partial charge on any atom is -0.313 e. The monoisotopic (exact) mass is 246 g/mol. The third-order valence-electron chi connectivity index (χ3n) is 3.69. The standard InChI is InChI=1S/C16H26N2/c1-4-17-16-6-5-7-18(12-16)11-15-9-13(2)8-14(3)10-15/h8-10,16-17H,4-7,11-12H2,1-3H3. The Bertz CT molecular complexity index is 364. The Labute approximate surface area is 111 Å². The van der Waals surface area contributed by atoms with Gasteiger partial charge in [0.1, 0.15) is 0 Å². The van der Waals surface area contributed by atoms with E-state index in [1.54, 1.807) is 0 Å². The summed E-state index contributed by atoms with van der Waals surface area (Å²) in [7, 11) is 0. The van der Waals surface area contributed by atoms with E-state index in [1.165, 1.54) is 42.6 Å². The first-order chi connectivity index (χ1) is 8.67. The van der Waals surface area contributed by atoms with Gasteiger partial charge in [-0.1, -0.05) is 36.2 Å². The number of nitrogens with one attached hydrogen (secondary N) is 1. The molecule has 0 aromatic heterocycles. The molecule has 1 fully saturated rings. The summed E-state index contributed by atoms with van der Waals surface area (Å²) >= 11 is 0. The molecule has 1 aromatic rings. The summed E-state index contributed by atoms with van der Waals surface area (Å²) in [6, 6.07) is 7.59. The minimum absolute atomic E-state index is 0.689. The molecule has 0 radical (unpaired) electrons. The molecule has 1 aliphatic heterocycles. The normalized spacial score (nSPS) is 21.2. The zero-order valence-electron chi connectivity index (χ0n) is 12.0. The lowest BCUT2D eigenvalue weighted by Crippen LogP contribution is -2.45. The first-order valence-electron chi connectivity index (χ1n) is 7.20. The molecule has 1 unspecified atom stereocenters. The fourth-order valence-electron chi connectivity index (χ4n) is 3.07. The van der Waals surface area contributed by atoms with Crippen molar-refractivity contribution in [2.24, 2.45) is 0 Å². The molecule has 0 aliphatic carbocycles. The summed E-state index contributed by atoms with van der Waals surface area (Å²) in [5, 5.41) is 3.58. The maximum Gasteiger partial charge on any atom is 0.0234 e. The van der Waals surface area contributed by atoms with E-state index in [2.05, 4.69) is 49.2 Å². The molecule has 100 valence electrons. The number of rotatable bonds is 4. The molecule has 1 N–H and O–H groups in total. The fourth-order valence-corrected chi connectivity index (χ4v) is 3.07. The largest absolute Gasteiger partial charge is 0.313 e. The SMILES string of the molecule is CCNC1CCCN(Cc2cc(C)cc(C)c2)C1. The lowest BCUT2D eigenvalue weighted by atomic mass is 10.0. The smallest absolute Gasteiger partial charge is 0.0234 e. The second kappa shape index (κ2) is 6.35. The molecule has 1 aromatic carbocycles. The molecular weight excluding hydrogens is 220 g/mol. The van der Waals surface area contributed by atoms with E-state index in [0.29, 0.717) is 6.04 Å². The van der Waals surface area contributed by atoms with Gasteiger partial charge >= 0.3 is 0 Å². The second-order valence-electron chi connectivity index (χ2n) is 5.63. The van der Waals surface area contributed by atoms with Gasteiger partial charge in [0.25, 0.3) is 0 Å². The van der Waals surface area contributed by atoms with E-state index < -0.39 is 0 Å².